The van der Waals surface area contributed by atoms with Crippen molar-refractivity contribution in [2.24, 2.45) is 5.92 Å². The average Bonchev–Trinajstić information content (AvgIpc) is 2.72. The van der Waals surface area contributed by atoms with E-state index in [0.29, 0.717) is 31.0 Å². The van der Waals surface area contributed by atoms with Crippen LogP contribution >= 0.6 is 0 Å². The molecule has 2 aromatic rings. The lowest BCUT2D eigenvalue weighted by Crippen LogP contribution is -2.46. The van der Waals surface area contributed by atoms with Crippen molar-refractivity contribution in [2.75, 3.05) is 26.3 Å². The third-order valence-electron chi connectivity index (χ3n) is 5.89. The van der Waals surface area contributed by atoms with Crippen LogP contribution < -0.4 is 0 Å². The van der Waals surface area contributed by atoms with Crippen molar-refractivity contribution in [1.82, 2.24) is 9.88 Å². The number of aromatic nitrogens is 1. The Labute approximate surface area is 172 Å². The quantitative estimate of drug-likeness (QED) is 0.824. The summed E-state index contributed by atoms with van der Waals surface area (Å²) in [5.41, 5.74) is 0.269. The van der Waals surface area contributed by atoms with Crippen molar-refractivity contribution < 1.29 is 27.8 Å². The number of amides is 1. The Morgan fingerprint density at radius 3 is 2.30 bits per heavy atom. The van der Waals surface area contributed by atoms with Gasteiger partial charge in [-0.3, -0.25) is 9.78 Å². The van der Waals surface area contributed by atoms with Crippen molar-refractivity contribution in [1.29, 1.82) is 0 Å². The van der Waals surface area contributed by atoms with E-state index in [4.69, 9.17) is 4.74 Å². The summed E-state index contributed by atoms with van der Waals surface area (Å²) in [5, 5.41) is 10.3. The molecule has 2 aliphatic heterocycles. The van der Waals surface area contributed by atoms with Crippen LogP contribution in [-0.2, 0) is 22.9 Å². The molecule has 8 heteroatoms. The highest BCUT2D eigenvalue weighted by atomic mass is 19.4. The van der Waals surface area contributed by atoms with Crippen molar-refractivity contribution in [2.45, 2.75) is 31.0 Å². The summed E-state index contributed by atoms with van der Waals surface area (Å²) >= 11 is 0. The number of pyridine rings is 1. The number of benzene rings is 1. The minimum atomic E-state index is -4.42. The number of carbonyl (C=O) groups excluding carboxylic acids is 1. The van der Waals surface area contributed by atoms with Gasteiger partial charge in [-0.2, -0.15) is 13.2 Å². The largest absolute Gasteiger partial charge is 0.433 e. The van der Waals surface area contributed by atoms with Gasteiger partial charge in [0, 0.05) is 24.8 Å². The molecule has 2 aliphatic rings. The second kappa shape index (κ2) is 8.00. The van der Waals surface area contributed by atoms with Crippen molar-refractivity contribution >= 4 is 5.91 Å². The zero-order valence-electron chi connectivity index (χ0n) is 16.4. The maximum Gasteiger partial charge on any atom is 0.433 e. The van der Waals surface area contributed by atoms with Crippen LogP contribution in [0.2, 0.25) is 0 Å². The Bertz CT molecular complexity index is 885. The third-order valence-corrected chi connectivity index (χ3v) is 5.89. The molecule has 1 N–H and O–H groups in total. The molecule has 4 rings (SSSR count). The normalized spacial score (nSPS) is 19.4. The van der Waals surface area contributed by atoms with E-state index >= 15 is 0 Å². The summed E-state index contributed by atoms with van der Waals surface area (Å²) in [6, 6.07) is 9.49. The molecular formula is C22H23F3N2O3. The fourth-order valence-electron chi connectivity index (χ4n) is 3.95. The first-order valence-electron chi connectivity index (χ1n) is 9.97. The topological polar surface area (TPSA) is 62.7 Å². The Balaban J connectivity index is 1.30. The lowest BCUT2D eigenvalue weighted by molar-refractivity contribution is -0.184. The number of nitrogens with zero attached hydrogens (tertiary/aromatic N) is 2. The maximum absolute atomic E-state index is 12.8. The van der Waals surface area contributed by atoms with E-state index in [1.54, 1.807) is 29.2 Å². The van der Waals surface area contributed by atoms with Gasteiger partial charge in [0.05, 0.1) is 13.2 Å². The van der Waals surface area contributed by atoms with Crippen LogP contribution in [0.3, 0.4) is 0 Å². The minimum Gasteiger partial charge on any atom is -0.380 e. The highest BCUT2D eigenvalue weighted by Crippen LogP contribution is 2.30. The van der Waals surface area contributed by atoms with Gasteiger partial charge < -0.3 is 14.7 Å². The lowest BCUT2D eigenvalue weighted by Gasteiger charge is -2.37. The molecule has 0 radical (unpaired) electrons. The highest BCUT2D eigenvalue weighted by Gasteiger charge is 2.38. The monoisotopic (exact) mass is 420 g/mol. The number of rotatable bonds is 4. The number of hydrogen-bond donors (Lipinski definition) is 1. The molecule has 2 saturated heterocycles. The van der Waals surface area contributed by atoms with Gasteiger partial charge in [0.1, 0.15) is 11.3 Å². The van der Waals surface area contributed by atoms with Crippen molar-refractivity contribution in [3.05, 3.63) is 65.0 Å². The van der Waals surface area contributed by atoms with Crippen molar-refractivity contribution in [3.8, 4) is 0 Å². The smallest absolute Gasteiger partial charge is 0.380 e. The highest BCUT2D eigenvalue weighted by molar-refractivity contribution is 5.94. The minimum absolute atomic E-state index is 0.0481. The van der Waals surface area contributed by atoms with Crippen LogP contribution in [0.4, 0.5) is 13.2 Å². The summed E-state index contributed by atoms with van der Waals surface area (Å²) in [6.07, 6.45) is -0.888. The summed E-state index contributed by atoms with van der Waals surface area (Å²) < 4.78 is 42.9. The van der Waals surface area contributed by atoms with E-state index in [9.17, 15) is 23.1 Å². The second-order valence-corrected chi connectivity index (χ2v) is 8.09. The number of hydrogen-bond acceptors (Lipinski definition) is 4. The molecule has 5 nitrogen and oxygen atoms in total. The van der Waals surface area contributed by atoms with Gasteiger partial charge in [-0.25, -0.2) is 0 Å². The van der Waals surface area contributed by atoms with Crippen LogP contribution in [-0.4, -0.2) is 47.2 Å². The Hall–Kier alpha value is -2.45. The van der Waals surface area contributed by atoms with Crippen molar-refractivity contribution in [3.63, 3.8) is 0 Å². The fraction of sp³-hybridized carbons (Fsp3) is 0.455. The number of aliphatic hydroxyl groups is 1. The van der Waals surface area contributed by atoms with Gasteiger partial charge in [0.15, 0.2) is 0 Å². The number of halogens is 3. The third kappa shape index (κ3) is 4.34. The molecule has 0 unspecified atom stereocenters. The molecule has 0 spiro atoms. The molecule has 160 valence electrons. The molecule has 0 aliphatic carbocycles. The zero-order valence-corrected chi connectivity index (χ0v) is 16.4. The summed E-state index contributed by atoms with van der Waals surface area (Å²) in [5.74, 6) is 0.260. The fourth-order valence-corrected chi connectivity index (χ4v) is 3.95. The number of ether oxygens (including phenoxy) is 1. The maximum atomic E-state index is 12.8. The predicted molar refractivity (Wildman–Crippen MR) is 103 cm³/mol. The van der Waals surface area contributed by atoms with Crippen LogP contribution in [0.15, 0.2) is 42.6 Å². The molecule has 1 aromatic carbocycles. The van der Waals surface area contributed by atoms with E-state index in [-0.39, 0.29) is 19.1 Å². The molecule has 0 saturated carbocycles. The van der Waals surface area contributed by atoms with Gasteiger partial charge >= 0.3 is 6.18 Å². The second-order valence-electron chi connectivity index (χ2n) is 8.09. The van der Waals surface area contributed by atoms with Crippen LogP contribution in [0.1, 0.15) is 40.0 Å². The van der Waals surface area contributed by atoms with E-state index in [1.807, 2.05) is 0 Å². The number of carbonyl (C=O) groups is 1. The molecular weight excluding hydrogens is 397 g/mol. The first-order chi connectivity index (χ1) is 14.2. The first-order valence-corrected chi connectivity index (χ1v) is 9.97. The Kier molecular flexibility index (Phi) is 5.55. The van der Waals surface area contributed by atoms with Gasteiger partial charge in [-0.15, -0.1) is 0 Å². The molecule has 3 heterocycles. The number of piperidine rings is 1. The first kappa shape index (κ1) is 20.8. The molecule has 1 aromatic heterocycles. The van der Waals surface area contributed by atoms with E-state index < -0.39 is 17.5 Å². The SMILES string of the molecule is O=C(c1ccc(C2(O)COC2)cc1)N1CCC(Cc2ccc(C(F)(F)F)nc2)CC1. The van der Waals surface area contributed by atoms with Gasteiger partial charge in [-0.05, 0) is 54.5 Å². The zero-order chi connectivity index (χ0) is 21.4. The molecule has 1 amide bonds. The van der Waals surface area contributed by atoms with E-state index in [1.165, 1.54) is 12.3 Å². The molecule has 2 fully saturated rings. The number of alkyl halides is 3. The van der Waals surface area contributed by atoms with Crippen LogP contribution in [0.25, 0.3) is 0 Å². The average molecular weight is 420 g/mol. The molecule has 0 atom stereocenters. The summed E-state index contributed by atoms with van der Waals surface area (Å²) in [6.45, 7) is 1.75. The lowest BCUT2D eigenvalue weighted by atomic mass is 9.90. The number of likely N-dealkylation sites (tertiary alicyclic amines) is 1. The Morgan fingerprint density at radius 2 is 1.80 bits per heavy atom. The molecule has 0 bridgehead atoms. The Morgan fingerprint density at radius 1 is 1.13 bits per heavy atom. The summed E-state index contributed by atoms with van der Waals surface area (Å²) in [4.78, 5) is 18.1. The predicted octanol–water partition coefficient (Wildman–Crippen LogP) is 3.41. The summed E-state index contributed by atoms with van der Waals surface area (Å²) in [7, 11) is 0. The van der Waals surface area contributed by atoms with Gasteiger partial charge in [0.2, 0.25) is 0 Å². The van der Waals surface area contributed by atoms with Crippen LogP contribution in [0, 0.1) is 5.92 Å². The van der Waals surface area contributed by atoms with E-state index in [2.05, 4.69) is 4.98 Å². The standard InChI is InChI=1S/C22H23F3N2O3/c23-22(24,25)19-6-1-16(12-26-19)11-15-7-9-27(10-8-15)20(28)17-2-4-18(5-3-17)21(29)13-30-14-21/h1-6,12,15,29H,7-11,13-14H2. The van der Waals surface area contributed by atoms with Gasteiger partial charge in [-0.1, -0.05) is 18.2 Å². The molecule has 30 heavy (non-hydrogen) atoms. The van der Waals surface area contributed by atoms with Crippen LogP contribution in [0.5, 0.6) is 0 Å². The van der Waals surface area contributed by atoms with Gasteiger partial charge in [0.25, 0.3) is 5.91 Å². The van der Waals surface area contributed by atoms with E-state index in [0.717, 1.165) is 30.0 Å².